The highest BCUT2D eigenvalue weighted by molar-refractivity contribution is 5.32. The van der Waals surface area contributed by atoms with Crippen LogP contribution >= 0.6 is 0 Å². The zero-order valence-corrected chi connectivity index (χ0v) is 12.4. The van der Waals surface area contributed by atoms with Gasteiger partial charge in [-0.05, 0) is 38.0 Å². The minimum Gasteiger partial charge on any atom is -0.346 e. The van der Waals surface area contributed by atoms with Gasteiger partial charge in [-0.2, -0.15) is 13.2 Å². The van der Waals surface area contributed by atoms with Crippen molar-refractivity contribution in [3.05, 3.63) is 47.5 Å². The van der Waals surface area contributed by atoms with E-state index in [1.807, 2.05) is 26.0 Å². The van der Waals surface area contributed by atoms with E-state index >= 15 is 0 Å². The molecule has 0 fully saturated rings. The predicted molar refractivity (Wildman–Crippen MR) is 77.4 cm³/mol. The summed E-state index contributed by atoms with van der Waals surface area (Å²) in [6.45, 7) is 3.85. The van der Waals surface area contributed by atoms with Crippen LogP contribution in [-0.2, 0) is 6.42 Å². The summed E-state index contributed by atoms with van der Waals surface area (Å²) >= 11 is 0. The Hall–Kier alpha value is -2.18. The van der Waals surface area contributed by atoms with Gasteiger partial charge in [-0.25, -0.2) is 9.97 Å². The molecule has 0 aromatic carbocycles. The monoisotopic (exact) mass is 310 g/mol. The Morgan fingerprint density at radius 3 is 2.64 bits per heavy atom. The van der Waals surface area contributed by atoms with Crippen molar-refractivity contribution >= 4 is 5.95 Å². The van der Waals surface area contributed by atoms with Crippen molar-refractivity contribution in [3.8, 4) is 0 Å². The number of hydrogen-bond acceptors (Lipinski definition) is 4. The topological polar surface area (TPSA) is 50.7 Å². The van der Waals surface area contributed by atoms with E-state index in [9.17, 15) is 13.2 Å². The van der Waals surface area contributed by atoms with Crippen LogP contribution in [0.5, 0.6) is 0 Å². The summed E-state index contributed by atoms with van der Waals surface area (Å²) in [7, 11) is 0. The Morgan fingerprint density at radius 2 is 1.95 bits per heavy atom. The van der Waals surface area contributed by atoms with Crippen LogP contribution in [0.15, 0.2) is 30.6 Å². The first kappa shape index (κ1) is 16.2. The molecule has 0 unspecified atom stereocenters. The maximum atomic E-state index is 12.3. The van der Waals surface area contributed by atoms with Crippen LogP contribution in [0.25, 0.3) is 0 Å². The third-order valence-electron chi connectivity index (χ3n) is 3.18. The van der Waals surface area contributed by atoms with Gasteiger partial charge in [0.15, 0.2) is 0 Å². The number of aryl methyl sites for hydroxylation is 2. The first-order valence-corrected chi connectivity index (χ1v) is 6.92. The van der Waals surface area contributed by atoms with Crippen LogP contribution in [0.1, 0.15) is 36.3 Å². The van der Waals surface area contributed by atoms with E-state index in [0.717, 1.165) is 11.3 Å². The predicted octanol–water partition coefficient (Wildman–Crippen LogP) is 3.85. The molecular formula is C15H17F3N4. The molecular weight excluding hydrogens is 293 g/mol. The maximum absolute atomic E-state index is 12.3. The smallest absolute Gasteiger partial charge is 0.346 e. The summed E-state index contributed by atoms with van der Waals surface area (Å²) in [6, 6.07) is 5.15. The number of nitrogens with one attached hydrogen (secondary N) is 1. The zero-order valence-electron chi connectivity index (χ0n) is 12.4. The van der Waals surface area contributed by atoms with Gasteiger partial charge in [-0.3, -0.25) is 4.98 Å². The van der Waals surface area contributed by atoms with Crippen molar-refractivity contribution in [2.24, 2.45) is 0 Å². The lowest BCUT2D eigenvalue weighted by atomic mass is 10.1. The van der Waals surface area contributed by atoms with E-state index in [0.29, 0.717) is 11.6 Å². The molecule has 22 heavy (non-hydrogen) atoms. The largest absolute Gasteiger partial charge is 0.389 e. The van der Waals surface area contributed by atoms with Crippen LogP contribution in [0.2, 0.25) is 0 Å². The molecule has 2 aromatic rings. The normalized spacial score (nSPS) is 13.0. The highest BCUT2D eigenvalue weighted by Gasteiger charge is 2.26. The molecule has 2 rings (SSSR count). The van der Waals surface area contributed by atoms with E-state index in [2.05, 4.69) is 20.3 Å². The zero-order chi connectivity index (χ0) is 16.2. The van der Waals surface area contributed by atoms with Gasteiger partial charge >= 0.3 is 6.18 Å². The molecule has 0 bridgehead atoms. The summed E-state index contributed by atoms with van der Waals surface area (Å²) in [5.74, 6) is 0.303. The average molecular weight is 310 g/mol. The second-order valence-corrected chi connectivity index (χ2v) is 5.06. The minimum absolute atomic E-state index is 0.140. The third kappa shape index (κ3) is 4.68. The summed E-state index contributed by atoms with van der Waals surface area (Å²) in [5, 5.41) is 3.07. The first-order chi connectivity index (χ1) is 10.3. The van der Waals surface area contributed by atoms with Crippen LogP contribution in [-0.4, -0.2) is 21.1 Å². The number of anilines is 1. The van der Waals surface area contributed by atoms with E-state index < -0.39 is 12.6 Å². The van der Waals surface area contributed by atoms with Crippen molar-refractivity contribution in [3.63, 3.8) is 0 Å². The molecule has 0 spiro atoms. The maximum Gasteiger partial charge on any atom is 0.389 e. The second kappa shape index (κ2) is 6.72. The molecule has 0 aliphatic rings. The Bertz CT molecular complexity index is 628. The second-order valence-electron chi connectivity index (χ2n) is 5.06. The van der Waals surface area contributed by atoms with Gasteiger partial charge in [0, 0.05) is 24.5 Å². The fourth-order valence-electron chi connectivity index (χ4n) is 2.09. The highest BCUT2D eigenvalue weighted by Crippen LogP contribution is 2.22. The van der Waals surface area contributed by atoms with Gasteiger partial charge in [0.1, 0.15) is 0 Å². The van der Waals surface area contributed by atoms with Gasteiger partial charge in [-0.15, -0.1) is 0 Å². The van der Waals surface area contributed by atoms with Crippen molar-refractivity contribution in [2.75, 3.05) is 5.32 Å². The number of hydrogen-bond donors (Lipinski definition) is 1. The summed E-state index contributed by atoms with van der Waals surface area (Å²) < 4.78 is 36.8. The van der Waals surface area contributed by atoms with Gasteiger partial charge in [-0.1, -0.05) is 6.07 Å². The quantitative estimate of drug-likeness (QED) is 0.911. The van der Waals surface area contributed by atoms with Crippen molar-refractivity contribution < 1.29 is 13.2 Å². The first-order valence-electron chi connectivity index (χ1n) is 6.92. The molecule has 1 atom stereocenters. The molecule has 0 saturated heterocycles. The van der Waals surface area contributed by atoms with Crippen LogP contribution in [0.3, 0.4) is 0 Å². The molecule has 118 valence electrons. The summed E-state index contributed by atoms with van der Waals surface area (Å²) in [6.07, 6.45) is -2.08. The van der Waals surface area contributed by atoms with E-state index in [1.54, 1.807) is 6.20 Å². The molecule has 1 N–H and O–H groups in total. The SMILES string of the molecule is Cc1cccnc1[C@@H](C)Nc1nccc(CCC(F)(F)F)n1. The van der Waals surface area contributed by atoms with Gasteiger partial charge < -0.3 is 5.32 Å². The molecule has 0 radical (unpaired) electrons. The molecule has 0 aliphatic heterocycles. The molecule has 0 aliphatic carbocycles. The fraction of sp³-hybridized carbons (Fsp3) is 0.400. The number of aromatic nitrogens is 3. The number of rotatable bonds is 5. The molecule has 2 heterocycles. The van der Waals surface area contributed by atoms with Crippen LogP contribution in [0, 0.1) is 6.92 Å². The summed E-state index contributed by atoms with van der Waals surface area (Å²) in [5.41, 5.74) is 2.24. The fourth-order valence-corrected chi connectivity index (χ4v) is 2.09. The minimum atomic E-state index is -4.18. The third-order valence-corrected chi connectivity index (χ3v) is 3.18. The van der Waals surface area contributed by atoms with Gasteiger partial charge in [0.2, 0.25) is 5.95 Å². The molecule has 2 aromatic heterocycles. The summed E-state index contributed by atoms with van der Waals surface area (Å²) in [4.78, 5) is 12.5. The Balaban J connectivity index is 2.05. The Morgan fingerprint density at radius 1 is 1.18 bits per heavy atom. The number of pyridine rings is 1. The lowest BCUT2D eigenvalue weighted by molar-refractivity contribution is -0.134. The van der Waals surface area contributed by atoms with E-state index in [4.69, 9.17) is 0 Å². The number of alkyl halides is 3. The number of nitrogens with zero attached hydrogens (tertiary/aromatic N) is 3. The molecule has 7 heteroatoms. The molecule has 4 nitrogen and oxygen atoms in total. The Kier molecular flexibility index (Phi) is 4.95. The van der Waals surface area contributed by atoms with Gasteiger partial charge in [0.25, 0.3) is 0 Å². The van der Waals surface area contributed by atoms with E-state index in [-0.39, 0.29) is 12.5 Å². The standard InChI is InChI=1S/C15H17F3N4/c1-10-4-3-8-19-13(10)11(2)21-14-20-9-6-12(22-14)5-7-15(16,17)18/h3-4,6,8-9,11H,5,7H2,1-2H3,(H,20,21,22)/t11-/m1/s1. The van der Waals surface area contributed by atoms with Crippen molar-refractivity contribution in [1.29, 1.82) is 0 Å². The van der Waals surface area contributed by atoms with Crippen molar-refractivity contribution in [2.45, 2.75) is 38.9 Å². The average Bonchev–Trinajstić information content (AvgIpc) is 2.45. The lowest BCUT2D eigenvalue weighted by Gasteiger charge is -2.15. The number of halogens is 3. The van der Waals surface area contributed by atoms with Gasteiger partial charge in [0.05, 0.1) is 11.7 Å². The molecule has 0 saturated carbocycles. The van der Waals surface area contributed by atoms with Crippen molar-refractivity contribution in [1.82, 2.24) is 15.0 Å². The van der Waals surface area contributed by atoms with Crippen LogP contribution < -0.4 is 5.32 Å². The van der Waals surface area contributed by atoms with Crippen LogP contribution in [0.4, 0.5) is 19.1 Å². The molecule has 0 amide bonds. The Labute approximate surface area is 126 Å². The highest BCUT2D eigenvalue weighted by atomic mass is 19.4. The lowest BCUT2D eigenvalue weighted by Crippen LogP contribution is -2.13. The van der Waals surface area contributed by atoms with E-state index in [1.165, 1.54) is 12.3 Å².